The van der Waals surface area contributed by atoms with Crippen LogP contribution in [-0.2, 0) is 16.5 Å². The van der Waals surface area contributed by atoms with Crippen LogP contribution in [0.5, 0.6) is 0 Å². The molecular formula is C32H30N2NiS4+2. The van der Waals surface area contributed by atoms with E-state index in [4.69, 9.17) is 48.9 Å². The summed E-state index contributed by atoms with van der Waals surface area (Å²) < 4.78 is 0. The maximum atomic E-state index is 5.48. The van der Waals surface area contributed by atoms with Gasteiger partial charge in [-0.15, -0.1) is 0 Å². The van der Waals surface area contributed by atoms with Gasteiger partial charge in [-0.05, 0) is 46.5 Å². The molecule has 2 nitrogen and oxygen atoms in total. The van der Waals surface area contributed by atoms with Gasteiger partial charge in [0.05, 0.1) is 19.5 Å². The van der Waals surface area contributed by atoms with Gasteiger partial charge in [0.15, 0.2) is 0 Å². The predicted octanol–water partition coefficient (Wildman–Crippen LogP) is 7.78. The van der Waals surface area contributed by atoms with Gasteiger partial charge in [0.1, 0.15) is 0 Å². The minimum Gasteiger partial charge on any atom is -0.378 e. The molecule has 0 amide bonds. The fourth-order valence-corrected chi connectivity index (χ4v) is 4.54. The molecule has 39 heavy (non-hydrogen) atoms. The van der Waals surface area contributed by atoms with Crippen molar-refractivity contribution in [3.05, 3.63) is 131 Å². The van der Waals surface area contributed by atoms with Crippen LogP contribution in [-0.4, -0.2) is 47.6 Å². The summed E-state index contributed by atoms with van der Waals surface area (Å²) >= 11 is 21.9. The van der Waals surface area contributed by atoms with Gasteiger partial charge < -0.3 is 9.80 Å². The number of thiocarbonyl (C=S) groups is 4. The fourth-order valence-electron chi connectivity index (χ4n) is 3.53. The second-order valence-corrected chi connectivity index (χ2v) is 10.6. The van der Waals surface area contributed by atoms with Crippen LogP contribution in [0.3, 0.4) is 0 Å². The van der Waals surface area contributed by atoms with Crippen LogP contribution in [0.1, 0.15) is 22.3 Å². The molecule has 0 aliphatic rings. The molecule has 0 radical (unpaired) electrons. The smallest absolute Gasteiger partial charge is 0.378 e. The number of hydrogen-bond donors (Lipinski definition) is 0. The zero-order chi connectivity index (χ0) is 27.7. The van der Waals surface area contributed by atoms with Crippen molar-refractivity contribution < 1.29 is 16.5 Å². The Hall–Kier alpha value is -2.67. The standard InChI is InChI=1S/2C16H15NS2.Ni/c2*1-17(2)14-10-8-13(9-11-14)16(19)15(18)12-6-4-3-5-7-12;/h2*3-11H,1-2H3;/q;;+2. The summed E-state index contributed by atoms with van der Waals surface area (Å²) in [5, 5.41) is 0. The Labute approximate surface area is 264 Å². The van der Waals surface area contributed by atoms with E-state index in [1.165, 1.54) is 0 Å². The van der Waals surface area contributed by atoms with E-state index in [2.05, 4.69) is 34.1 Å². The molecule has 0 saturated carbocycles. The topological polar surface area (TPSA) is 6.48 Å². The Kier molecular flexibility index (Phi) is 13.2. The van der Waals surface area contributed by atoms with Crippen LogP contribution in [0.2, 0.25) is 0 Å². The van der Waals surface area contributed by atoms with Crippen LogP contribution in [0, 0.1) is 0 Å². The quantitative estimate of drug-likeness (QED) is 0.111. The number of anilines is 2. The molecule has 4 aromatic rings. The molecule has 0 heterocycles. The summed E-state index contributed by atoms with van der Waals surface area (Å²) in [6.07, 6.45) is 0. The van der Waals surface area contributed by atoms with Gasteiger partial charge in [0, 0.05) is 39.6 Å². The molecule has 0 unspecified atom stereocenters. The van der Waals surface area contributed by atoms with Crippen molar-refractivity contribution in [2.24, 2.45) is 0 Å². The third kappa shape index (κ3) is 9.20. The van der Waals surface area contributed by atoms with Crippen molar-refractivity contribution in [3.8, 4) is 0 Å². The van der Waals surface area contributed by atoms with Gasteiger partial charge in [-0.2, -0.15) is 0 Å². The van der Waals surface area contributed by atoms with Crippen molar-refractivity contribution in [3.63, 3.8) is 0 Å². The van der Waals surface area contributed by atoms with E-state index in [9.17, 15) is 0 Å². The molecule has 7 heteroatoms. The van der Waals surface area contributed by atoms with E-state index < -0.39 is 0 Å². The van der Waals surface area contributed by atoms with Gasteiger partial charge in [-0.25, -0.2) is 0 Å². The SMILES string of the molecule is CN(C)c1ccc(C(=S)C(=S)c2ccccc2)cc1.CN(C)c1ccc(C(=S)C(=S)c2ccccc2)cc1.[Ni+2]. The van der Waals surface area contributed by atoms with Crippen LogP contribution in [0.15, 0.2) is 109 Å². The molecule has 0 spiro atoms. The minimum atomic E-state index is 0. The average Bonchev–Trinajstić information content (AvgIpc) is 2.97. The van der Waals surface area contributed by atoms with Crippen molar-refractivity contribution in [1.82, 2.24) is 0 Å². The largest absolute Gasteiger partial charge is 2.00 e. The van der Waals surface area contributed by atoms with E-state index in [-0.39, 0.29) is 16.5 Å². The molecule has 0 N–H and O–H groups in total. The molecule has 200 valence electrons. The predicted molar refractivity (Wildman–Crippen MR) is 181 cm³/mol. The van der Waals surface area contributed by atoms with Crippen molar-refractivity contribution in [2.75, 3.05) is 38.0 Å². The Morgan fingerprint density at radius 2 is 0.615 bits per heavy atom. The first-order valence-corrected chi connectivity index (χ1v) is 13.6. The summed E-state index contributed by atoms with van der Waals surface area (Å²) in [6.45, 7) is 0. The molecule has 0 bridgehead atoms. The number of rotatable bonds is 8. The third-order valence-corrected chi connectivity index (χ3v) is 7.79. The normalized spacial score (nSPS) is 9.74. The maximum absolute atomic E-state index is 5.48. The number of benzene rings is 4. The molecular weight excluding hydrogens is 599 g/mol. The van der Waals surface area contributed by atoms with Gasteiger partial charge in [-0.3, -0.25) is 0 Å². The second-order valence-electron chi connectivity index (χ2n) is 8.93. The average molecular weight is 630 g/mol. The Balaban J connectivity index is 0.000000267. The first-order valence-electron chi connectivity index (χ1n) is 12.0. The number of nitrogens with zero attached hydrogens (tertiary/aromatic N) is 2. The third-order valence-electron chi connectivity index (χ3n) is 5.78. The summed E-state index contributed by atoms with van der Waals surface area (Å²) in [5.41, 5.74) is 6.29. The Morgan fingerprint density at radius 3 is 0.846 bits per heavy atom. The summed E-state index contributed by atoms with van der Waals surface area (Å²) in [5.74, 6) is 0. The second kappa shape index (κ2) is 15.8. The van der Waals surface area contributed by atoms with Gasteiger partial charge in [-0.1, -0.05) is 134 Å². The molecule has 0 aliphatic carbocycles. The van der Waals surface area contributed by atoms with E-state index in [0.29, 0.717) is 0 Å². The van der Waals surface area contributed by atoms with Crippen LogP contribution >= 0.6 is 48.9 Å². The first-order chi connectivity index (χ1) is 18.2. The van der Waals surface area contributed by atoms with Gasteiger partial charge in [0.2, 0.25) is 0 Å². The molecule has 0 aromatic heterocycles. The monoisotopic (exact) mass is 628 g/mol. The van der Waals surface area contributed by atoms with Crippen molar-refractivity contribution in [2.45, 2.75) is 0 Å². The van der Waals surface area contributed by atoms with E-state index in [0.717, 1.165) is 53.1 Å². The van der Waals surface area contributed by atoms with E-state index in [1.54, 1.807) is 0 Å². The summed E-state index contributed by atoms with van der Waals surface area (Å²) in [4.78, 5) is 7.03. The zero-order valence-electron chi connectivity index (χ0n) is 22.2. The molecule has 0 fully saturated rings. The van der Waals surface area contributed by atoms with Crippen LogP contribution in [0.4, 0.5) is 11.4 Å². The Morgan fingerprint density at radius 1 is 0.385 bits per heavy atom. The summed E-state index contributed by atoms with van der Waals surface area (Å²) in [6, 6.07) is 36.1. The maximum Gasteiger partial charge on any atom is 2.00 e. The van der Waals surface area contributed by atoms with Crippen molar-refractivity contribution in [1.29, 1.82) is 0 Å². The molecule has 0 aliphatic heterocycles. The van der Waals surface area contributed by atoms with Crippen LogP contribution in [0.25, 0.3) is 0 Å². The molecule has 0 saturated heterocycles. The van der Waals surface area contributed by atoms with Gasteiger partial charge in [0.25, 0.3) is 0 Å². The molecule has 4 rings (SSSR count). The molecule has 4 aromatic carbocycles. The summed E-state index contributed by atoms with van der Waals surface area (Å²) in [7, 11) is 8.06. The van der Waals surface area contributed by atoms with E-state index in [1.807, 2.05) is 113 Å². The fraction of sp³-hybridized carbons (Fsp3) is 0.125. The number of hydrogen-bond acceptors (Lipinski definition) is 6. The molecule has 0 atom stereocenters. The zero-order valence-corrected chi connectivity index (χ0v) is 26.5. The van der Waals surface area contributed by atoms with Gasteiger partial charge >= 0.3 is 16.5 Å². The van der Waals surface area contributed by atoms with E-state index >= 15 is 0 Å². The minimum absolute atomic E-state index is 0. The van der Waals surface area contributed by atoms with Crippen LogP contribution < -0.4 is 9.80 Å². The first kappa shape index (κ1) is 32.5. The Bertz CT molecular complexity index is 1290. The van der Waals surface area contributed by atoms with Crippen molar-refractivity contribution >= 4 is 79.7 Å².